The van der Waals surface area contributed by atoms with Crippen molar-refractivity contribution in [2.45, 2.75) is 20.4 Å². The van der Waals surface area contributed by atoms with Crippen LogP contribution in [0, 0.1) is 13.8 Å². The molecule has 0 unspecified atom stereocenters. The van der Waals surface area contributed by atoms with Crippen molar-refractivity contribution in [2.24, 2.45) is 0 Å². The molecule has 2 rings (SSSR count). The summed E-state index contributed by atoms with van der Waals surface area (Å²) in [5.74, 6) is -0.0214. The molecule has 2 aromatic rings. The van der Waals surface area contributed by atoms with E-state index in [0.717, 1.165) is 26.0 Å². The lowest BCUT2D eigenvalue weighted by Gasteiger charge is -2.20. The molecule has 1 aromatic carbocycles. The Morgan fingerprint density at radius 1 is 1.30 bits per heavy atom. The van der Waals surface area contributed by atoms with Crippen LogP contribution in [0.25, 0.3) is 0 Å². The number of rotatable bonds is 7. The van der Waals surface area contributed by atoms with Gasteiger partial charge in [-0.05, 0) is 37.1 Å². The van der Waals surface area contributed by atoms with Crippen LogP contribution in [-0.2, 0) is 11.3 Å². The van der Waals surface area contributed by atoms with Gasteiger partial charge in [0.25, 0.3) is 0 Å². The molecule has 23 heavy (non-hydrogen) atoms. The molecular formula is C18H21ClN2OS. The number of amides is 1. The number of benzene rings is 1. The summed E-state index contributed by atoms with van der Waals surface area (Å²) in [6.45, 7) is 9.41. The minimum absolute atomic E-state index is 0.0214. The molecule has 0 atom stereocenters. The van der Waals surface area contributed by atoms with Crippen molar-refractivity contribution >= 4 is 34.5 Å². The van der Waals surface area contributed by atoms with E-state index >= 15 is 0 Å². The third-order valence-corrected chi connectivity index (χ3v) is 4.72. The zero-order valence-electron chi connectivity index (χ0n) is 13.4. The number of anilines is 1. The highest BCUT2D eigenvalue weighted by atomic mass is 35.5. The van der Waals surface area contributed by atoms with Gasteiger partial charge in [-0.25, -0.2) is 0 Å². The number of aryl methyl sites for hydroxylation is 2. The number of hydrogen-bond acceptors (Lipinski definition) is 3. The average Bonchev–Trinajstić information content (AvgIpc) is 2.88. The van der Waals surface area contributed by atoms with Gasteiger partial charge in [-0.1, -0.05) is 35.9 Å². The molecule has 0 aliphatic rings. The van der Waals surface area contributed by atoms with E-state index in [1.54, 1.807) is 0 Å². The van der Waals surface area contributed by atoms with Crippen molar-refractivity contribution in [1.82, 2.24) is 4.90 Å². The Hall–Kier alpha value is -1.62. The van der Waals surface area contributed by atoms with Crippen LogP contribution in [0.4, 0.5) is 5.69 Å². The highest BCUT2D eigenvalue weighted by Crippen LogP contribution is 2.23. The van der Waals surface area contributed by atoms with Gasteiger partial charge in [0.05, 0.1) is 10.9 Å². The molecule has 3 nitrogen and oxygen atoms in total. The van der Waals surface area contributed by atoms with Crippen LogP contribution >= 0.6 is 22.9 Å². The molecule has 0 aliphatic carbocycles. The van der Waals surface area contributed by atoms with Gasteiger partial charge in [0, 0.05) is 23.7 Å². The third kappa shape index (κ3) is 5.20. The Morgan fingerprint density at radius 2 is 2.00 bits per heavy atom. The van der Waals surface area contributed by atoms with E-state index in [4.69, 9.17) is 11.6 Å². The zero-order valence-corrected chi connectivity index (χ0v) is 15.0. The van der Waals surface area contributed by atoms with Gasteiger partial charge in [0.15, 0.2) is 0 Å². The van der Waals surface area contributed by atoms with Gasteiger partial charge in [-0.2, -0.15) is 0 Å². The molecule has 1 N–H and O–H groups in total. The largest absolute Gasteiger partial charge is 0.324 e. The molecular weight excluding hydrogens is 328 g/mol. The summed E-state index contributed by atoms with van der Waals surface area (Å²) < 4.78 is 0.763. The second kappa shape index (κ2) is 8.29. The van der Waals surface area contributed by atoms with Gasteiger partial charge in [-0.15, -0.1) is 17.9 Å². The summed E-state index contributed by atoms with van der Waals surface area (Å²) in [6, 6.07) is 9.86. The number of hydrogen-bond donors (Lipinski definition) is 1. The summed E-state index contributed by atoms with van der Waals surface area (Å²) >= 11 is 7.51. The monoisotopic (exact) mass is 348 g/mol. The number of para-hydroxylation sites is 1. The first-order valence-corrected chi connectivity index (χ1v) is 8.62. The van der Waals surface area contributed by atoms with Crippen LogP contribution in [0.5, 0.6) is 0 Å². The van der Waals surface area contributed by atoms with Gasteiger partial charge in [0.1, 0.15) is 0 Å². The summed E-state index contributed by atoms with van der Waals surface area (Å²) in [6.07, 6.45) is 1.81. The fourth-order valence-electron chi connectivity index (χ4n) is 2.42. The molecule has 0 bridgehead atoms. The summed E-state index contributed by atoms with van der Waals surface area (Å²) in [5, 5.41) is 3.02. The van der Waals surface area contributed by atoms with Gasteiger partial charge in [0.2, 0.25) is 5.91 Å². The topological polar surface area (TPSA) is 32.3 Å². The Kier molecular flexibility index (Phi) is 6.39. The smallest absolute Gasteiger partial charge is 0.238 e. The fourth-order valence-corrected chi connectivity index (χ4v) is 3.55. The Balaban J connectivity index is 2.01. The fraction of sp³-hybridized carbons (Fsp3) is 0.278. The zero-order chi connectivity index (χ0) is 16.8. The maximum Gasteiger partial charge on any atom is 0.238 e. The average molecular weight is 349 g/mol. The van der Waals surface area contributed by atoms with E-state index in [9.17, 15) is 4.79 Å². The summed E-state index contributed by atoms with van der Waals surface area (Å²) in [7, 11) is 0. The molecule has 1 aromatic heterocycles. The van der Waals surface area contributed by atoms with Gasteiger partial charge >= 0.3 is 0 Å². The van der Waals surface area contributed by atoms with E-state index in [-0.39, 0.29) is 5.91 Å². The quantitative estimate of drug-likeness (QED) is 0.739. The Morgan fingerprint density at radius 3 is 2.57 bits per heavy atom. The van der Waals surface area contributed by atoms with E-state index in [1.807, 2.05) is 55.2 Å². The van der Waals surface area contributed by atoms with Gasteiger partial charge < -0.3 is 5.32 Å². The molecule has 0 fully saturated rings. The second-order valence-electron chi connectivity index (χ2n) is 5.48. The van der Waals surface area contributed by atoms with Crippen molar-refractivity contribution in [1.29, 1.82) is 0 Å². The number of carbonyl (C=O) groups is 1. The molecule has 0 saturated heterocycles. The molecule has 0 spiro atoms. The number of nitrogens with one attached hydrogen (secondary N) is 1. The van der Waals surface area contributed by atoms with Crippen molar-refractivity contribution in [3.05, 3.63) is 63.3 Å². The minimum atomic E-state index is -0.0214. The summed E-state index contributed by atoms with van der Waals surface area (Å²) in [4.78, 5) is 15.6. The maximum atomic E-state index is 12.4. The van der Waals surface area contributed by atoms with Crippen molar-refractivity contribution in [3.8, 4) is 0 Å². The molecule has 122 valence electrons. The first kappa shape index (κ1) is 17.7. The van der Waals surface area contributed by atoms with Crippen LogP contribution in [0.15, 0.2) is 43.0 Å². The highest BCUT2D eigenvalue weighted by molar-refractivity contribution is 7.16. The highest BCUT2D eigenvalue weighted by Gasteiger charge is 2.13. The number of nitrogens with zero attached hydrogens (tertiary/aromatic N) is 1. The van der Waals surface area contributed by atoms with Crippen LogP contribution in [0.3, 0.4) is 0 Å². The van der Waals surface area contributed by atoms with E-state index in [2.05, 4.69) is 11.9 Å². The standard InChI is InChI=1S/C18H21ClN2OS/c1-4-10-21(11-15-8-9-16(19)23-15)12-17(22)20-18-13(2)6-5-7-14(18)3/h4-9H,1,10-12H2,2-3H3,(H,20,22). The third-order valence-electron chi connectivity index (χ3n) is 3.51. The van der Waals surface area contributed by atoms with Crippen molar-refractivity contribution < 1.29 is 4.79 Å². The van der Waals surface area contributed by atoms with Crippen LogP contribution < -0.4 is 5.32 Å². The lowest BCUT2D eigenvalue weighted by Crippen LogP contribution is -2.33. The SMILES string of the molecule is C=CCN(CC(=O)Nc1c(C)cccc1C)Cc1ccc(Cl)s1. The molecule has 1 amide bonds. The Labute approximate surface area is 146 Å². The normalized spacial score (nSPS) is 10.8. The van der Waals surface area contributed by atoms with Crippen LogP contribution in [0.2, 0.25) is 4.34 Å². The predicted molar refractivity (Wildman–Crippen MR) is 99.3 cm³/mol. The van der Waals surface area contributed by atoms with E-state index in [0.29, 0.717) is 19.6 Å². The lowest BCUT2D eigenvalue weighted by atomic mass is 10.1. The molecule has 1 heterocycles. The van der Waals surface area contributed by atoms with Gasteiger partial charge in [-0.3, -0.25) is 9.69 Å². The Bertz CT molecular complexity index is 676. The summed E-state index contributed by atoms with van der Waals surface area (Å²) in [5.41, 5.74) is 3.03. The van der Waals surface area contributed by atoms with Crippen molar-refractivity contribution in [2.75, 3.05) is 18.4 Å². The van der Waals surface area contributed by atoms with E-state index < -0.39 is 0 Å². The van der Waals surface area contributed by atoms with Crippen LogP contribution in [0.1, 0.15) is 16.0 Å². The molecule has 0 saturated carbocycles. The first-order valence-electron chi connectivity index (χ1n) is 7.43. The van der Waals surface area contributed by atoms with Crippen molar-refractivity contribution in [3.63, 3.8) is 0 Å². The number of halogens is 1. The lowest BCUT2D eigenvalue weighted by molar-refractivity contribution is -0.117. The molecule has 0 radical (unpaired) electrons. The number of thiophene rings is 1. The maximum absolute atomic E-state index is 12.4. The van der Waals surface area contributed by atoms with E-state index in [1.165, 1.54) is 11.3 Å². The predicted octanol–water partition coefficient (Wildman–Crippen LogP) is 4.65. The molecule has 5 heteroatoms. The first-order chi connectivity index (χ1) is 11.0. The second-order valence-corrected chi connectivity index (χ2v) is 7.28. The molecule has 0 aliphatic heterocycles. The van der Waals surface area contributed by atoms with Crippen LogP contribution in [-0.4, -0.2) is 23.9 Å². The minimum Gasteiger partial charge on any atom is -0.324 e. The number of carbonyl (C=O) groups excluding carboxylic acids is 1.